The number of rotatable bonds is 8. The summed E-state index contributed by atoms with van der Waals surface area (Å²) in [5.74, 6) is 2.09. The van der Waals surface area contributed by atoms with E-state index < -0.39 is 0 Å². The molecule has 0 unspecified atom stereocenters. The molecular formula is C22H20N4O2S. The zero-order chi connectivity index (χ0) is 19.9. The maximum atomic E-state index is 12.1. The first kappa shape index (κ1) is 19.0. The number of aromatic nitrogens is 3. The Morgan fingerprint density at radius 3 is 2.45 bits per heavy atom. The van der Waals surface area contributed by atoms with E-state index in [9.17, 15) is 4.79 Å². The molecule has 0 bridgehead atoms. The number of nitrogens with zero attached hydrogens (tertiary/aromatic N) is 3. The van der Waals surface area contributed by atoms with E-state index >= 15 is 0 Å². The van der Waals surface area contributed by atoms with Gasteiger partial charge in [0.1, 0.15) is 5.76 Å². The number of amides is 1. The SMILES string of the molecule is O=C(CCSc1nnc(-c2ccccc2)n1-c1ccccc1)NCc1ccco1. The zero-order valence-electron chi connectivity index (χ0n) is 15.7. The highest BCUT2D eigenvalue weighted by molar-refractivity contribution is 7.99. The quantitative estimate of drug-likeness (QED) is 0.443. The molecule has 0 atom stereocenters. The van der Waals surface area contributed by atoms with Gasteiger partial charge in [0, 0.05) is 23.4 Å². The molecule has 2 heterocycles. The monoisotopic (exact) mass is 404 g/mol. The van der Waals surface area contributed by atoms with Crippen LogP contribution in [0.5, 0.6) is 0 Å². The van der Waals surface area contributed by atoms with Gasteiger partial charge in [-0.2, -0.15) is 0 Å². The van der Waals surface area contributed by atoms with Crippen LogP contribution in [0, 0.1) is 0 Å². The van der Waals surface area contributed by atoms with Crippen LogP contribution in [-0.2, 0) is 11.3 Å². The lowest BCUT2D eigenvalue weighted by atomic mass is 10.2. The average Bonchev–Trinajstić information content (AvgIpc) is 3.44. The first-order valence-corrected chi connectivity index (χ1v) is 10.3. The number of benzene rings is 2. The molecule has 0 radical (unpaired) electrons. The summed E-state index contributed by atoms with van der Waals surface area (Å²) in [4.78, 5) is 12.1. The second kappa shape index (κ2) is 9.25. The molecule has 2 aromatic heterocycles. The highest BCUT2D eigenvalue weighted by atomic mass is 32.2. The summed E-state index contributed by atoms with van der Waals surface area (Å²) in [5, 5.41) is 12.4. The minimum Gasteiger partial charge on any atom is -0.467 e. The lowest BCUT2D eigenvalue weighted by Gasteiger charge is -2.10. The lowest BCUT2D eigenvalue weighted by Crippen LogP contribution is -2.22. The maximum Gasteiger partial charge on any atom is 0.221 e. The van der Waals surface area contributed by atoms with Gasteiger partial charge in [0.15, 0.2) is 11.0 Å². The maximum absolute atomic E-state index is 12.1. The van der Waals surface area contributed by atoms with E-state index in [0.29, 0.717) is 18.7 Å². The summed E-state index contributed by atoms with van der Waals surface area (Å²) in [6.07, 6.45) is 1.98. The fourth-order valence-electron chi connectivity index (χ4n) is 2.87. The van der Waals surface area contributed by atoms with Crippen LogP contribution in [0.3, 0.4) is 0 Å². The van der Waals surface area contributed by atoms with Crippen molar-refractivity contribution in [1.29, 1.82) is 0 Å². The number of carbonyl (C=O) groups excluding carboxylic acids is 1. The molecule has 1 N–H and O–H groups in total. The van der Waals surface area contributed by atoms with Crippen LogP contribution >= 0.6 is 11.8 Å². The van der Waals surface area contributed by atoms with Crippen molar-refractivity contribution < 1.29 is 9.21 Å². The molecule has 0 aliphatic rings. The van der Waals surface area contributed by atoms with E-state index in [1.54, 1.807) is 12.3 Å². The molecule has 6 nitrogen and oxygen atoms in total. The van der Waals surface area contributed by atoms with Crippen LogP contribution < -0.4 is 5.32 Å². The molecule has 2 aromatic carbocycles. The number of hydrogen-bond donors (Lipinski definition) is 1. The number of hydrogen-bond acceptors (Lipinski definition) is 5. The van der Waals surface area contributed by atoms with Gasteiger partial charge in [-0.1, -0.05) is 60.3 Å². The van der Waals surface area contributed by atoms with E-state index in [1.807, 2.05) is 71.3 Å². The van der Waals surface area contributed by atoms with E-state index in [0.717, 1.165) is 28.0 Å². The number of furan rings is 1. The zero-order valence-corrected chi connectivity index (χ0v) is 16.5. The predicted octanol–water partition coefficient (Wildman–Crippen LogP) is 4.33. The van der Waals surface area contributed by atoms with Crippen LogP contribution in [0.2, 0.25) is 0 Å². The third-order valence-corrected chi connectivity index (χ3v) is 5.21. The number of thioether (sulfide) groups is 1. The molecule has 146 valence electrons. The number of carbonyl (C=O) groups is 1. The molecule has 0 saturated carbocycles. The van der Waals surface area contributed by atoms with Crippen molar-refractivity contribution in [3.05, 3.63) is 84.8 Å². The Bertz CT molecular complexity index is 1050. The summed E-state index contributed by atoms with van der Waals surface area (Å²) in [6, 6.07) is 23.6. The Morgan fingerprint density at radius 1 is 0.966 bits per heavy atom. The van der Waals surface area contributed by atoms with Gasteiger partial charge in [-0.05, 0) is 24.3 Å². The van der Waals surface area contributed by atoms with Gasteiger partial charge in [-0.25, -0.2) is 0 Å². The van der Waals surface area contributed by atoms with Crippen LogP contribution in [0.15, 0.2) is 88.6 Å². The first-order valence-electron chi connectivity index (χ1n) is 9.29. The Morgan fingerprint density at radius 2 is 1.72 bits per heavy atom. The lowest BCUT2D eigenvalue weighted by molar-refractivity contribution is -0.120. The summed E-state index contributed by atoms with van der Waals surface area (Å²) < 4.78 is 7.25. The molecule has 1 amide bonds. The van der Waals surface area contributed by atoms with Gasteiger partial charge in [0.05, 0.1) is 12.8 Å². The Kier molecular flexibility index (Phi) is 6.07. The topological polar surface area (TPSA) is 73.0 Å². The minimum atomic E-state index is -0.0250. The average molecular weight is 404 g/mol. The summed E-state index contributed by atoms with van der Waals surface area (Å²) in [6.45, 7) is 0.398. The highest BCUT2D eigenvalue weighted by Crippen LogP contribution is 2.28. The van der Waals surface area contributed by atoms with Crippen molar-refractivity contribution in [3.63, 3.8) is 0 Å². The molecule has 0 spiro atoms. The molecule has 7 heteroatoms. The summed E-state index contributed by atoms with van der Waals surface area (Å²) in [5.41, 5.74) is 1.98. The molecule has 4 aromatic rings. The minimum absolute atomic E-state index is 0.0250. The van der Waals surface area contributed by atoms with Gasteiger partial charge in [-0.3, -0.25) is 9.36 Å². The molecule has 0 saturated heterocycles. The van der Waals surface area contributed by atoms with Crippen molar-refractivity contribution in [2.45, 2.75) is 18.1 Å². The van der Waals surface area contributed by atoms with Gasteiger partial charge in [0.25, 0.3) is 0 Å². The summed E-state index contributed by atoms with van der Waals surface area (Å²) in [7, 11) is 0. The van der Waals surface area contributed by atoms with E-state index in [-0.39, 0.29) is 5.91 Å². The van der Waals surface area contributed by atoms with Crippen LogP contribution in [0.25, 0.3) is 17.1 Å². The standard InChI is InChI=1S/C22H20N4O2S/c27-20(23-16-19-12-7-14-28-19)13-15-29-22-25-24-21(17-8-3-1-4-9-17)26(22)18-10-5-2-6-11-18/h1-12,14H,13,15-16H2,(H,23,27). The second-order valence-corrected chi connectivity index (χ2v) is 7.36. The highest BCUT2D eigenvalue weighted by Gasteiger charge is 2.16. The van der Waals surface area contributed by atoms with E-state index in [4.69, 9.17) is 4.42 Å². The Labute approximate surface area is 173 Å². The van der Waals surface area contributed by atoms with Crippen molar-refractivity contribution >= 4 is 17.7 Å². The molecule has 0 aliphatic carbocycles. The third-order valence-electron chi connectivity index (χ3n) is 4.28. The Balaban J connectivity index is 1.46. The van der Waals surface area contributed by atoms with Crippen molar-refractivity contribution in [2.75, 3.05) is 5.75 Å². The van der Waals surface area contributed by atoms with Gasteiger partial charge < -0.3 is 9.73 Å². The first-order chi connectivity index (χ1) is 14.3. The fourth-order valence-corrected chi connectivity index (χ4v) is 3.76. The van der Waals surface area contributed by atoms with E-state index in [2.05, 4.69) is 15.5 Å². The van der Waals surface area contributed by atoms with Gasteiger partial charge in [0.2, 0.25) is 5.91 Å². The van der Waals surface area contributed by atoms with Crippen LogP contribution in [-0.4, -0.2) is 26.4 Å². The predicted molar refractivity (Wildman–Crippen MR) is 113 cm³/mol. The smallest absolute Gasteiger partial charge is 0.221 e. The van der Waals surface area contributed by atoms with Crippen molar-refractivity contribution in [3.8, 4) is 17.1 Å². The number of nitrogens with one attached hydrogen (secondary N) is 1. The third kappa shape index (κ3) is 4.75. The number of para-hydroxylation sites is 1. The van der Waals surface area contributed by atoms with Crippen molar-refractivity contribution in [2.24, 2.45) is 0 Å². The van der Waals surface area contributed by atoms with Crippen LogP contribution in [0.4, 0.5) is 0 Å². The molecule has 4 rings (SSSR count). The summed E-state index contributed by atoms with van der Waals surface area (Å²) >= 11 is 1.51. The van der Waals surface area contributed by atoms with Crippen LogP contribution in [0.1, 0.15) is 12.2 Å². The van der Waals surface area contributed by atoms with Gasteiger partial charge >= 0.3 is 0 Å². The second-order valence-electron chi connectivity index (χ2n) is 6.30. The fraction of sp³-hybridized carbons (Fsp3) is 0.136. The molecule has 29 heavy (non-hydrogen) atoms. The normalized spacial score (nSPS) is 10.8. The van der Waals surface area contributed by atoms with Gasteiger partial charge in [-0.15, -0.1) is 10.2 Å². The molecule has 0 aliphatic heterocycles. The largest absolute Gasteiger partial charge is 0.467 e. The molecule has 0 fully saturated rings. The Hall–Kier alpha value is -3.32. The van der Waals surface area contributed by atoms with E-state index in [1.165, 1.54) is 11.8 Å². The van der Waals surface area contributed by atoms with Crippen molar-refractivity contribution in [1.82, 2.24) is 20.1 Å². The molecular weight excluding hydrogens is 384 g/mol.